The molecule has 3 rings (SSSR count). The molecule has 3 amide bonds. The van der Waals surface area contributed by atoms with E-state index in [4.69, 9.17) is 0 Å². The van der Waals surface area contributed by atoms with Gasteiger partial charge in [-0.3, -0.25) is 14.4 Å². The molecular weight excluding hydrogens is 330 g/mol. The van der Waals surface area contributed by atoms with Gasteiger partial charge in [0.15, 0.2) is 0 Å². The molecule has 1 aliphatic heterocycles. The van der Waals surface area contributed by atoms with Gasteiger partial charge in [0.2, 0.25) is 17.7 Å². The molecule has 1 saturated carbocycles. The monoisotopic (exact) mass is 357 g/mol. The molecule has 6 heteroatoms. The van der Waals surface area contributed by atoms with Crippen LogP contribution < -0.4 is 5.32 Å². The minimum Gasteiger partial charge on any atom is -0.355 e. The van der Waals surface area contributed by atoms with E-state index in [1.165, 1.54) is 5.56 Å². The molecule has 2 aliphatic rings. The van der Waals surface area contributed by atoms with Crippen LogP contribution in [0.15, 0.2) is 30.3 Å². The molecule has 1 aromatic rings. The fourth-order valence-electron chi connectivity index (χ4n) is 3.50. The van der Waals surface area contributed by atoms with Gasteiger partial charge >= 0.3 is 0 Å². The van der Waals surface area contributed by atoms with E-state index in [1.807, 2.05) is 18.2 Å². The number of aryl methyl sites for hydroxylation is 1. The molecule has 1 aliphatic carbocycles. The van der Waals surface area contributed by atoms with Crippen LogP contribution in [-0.2, 0) is 20.8 Å². The highest BCUT2D eigenvalue weighted by molar-refractivity contribution is 6.07. The van der Waals surface area contributed by atoms with Crippen LogP contribution in [0.4, 0.5) is 0 Å². The summed E-state index contributed by atoms with van der Waals surface area (Å²) in [6.07, 6.45) is 3.03. The second kappa shape index (κ2) is 7.89. The summed E-state index contributed by atoms with van der Waals surface area (Å²) in [4.78, 5) is 40.3. The topological polar surface area (TPSA) is 69.7 Å². The van der Waals surface area contributed by atoms with Gasteiger partial charge in [-0.1, -0.05) is 30.3 Å². The predicted octanol–water partition coefficient (Wildman–Crippen LogP) is 1.21. The minimum absolute atomic E-state index is 0.0365. The molecule has 26 heavy (non-hydrogen) atoms. The van der Waals surface area contributed by atoms with Crippen LogP contribution in [0.2, 0.25) is 0 Å². The minimum atomic E-state index is -0.856. The van der Waals surface area contributed by atoms with Gasteiger partial charge in [0.1, 0.15) is 5.41 Å². The smallest absolute Gasteiger partial charge is 0.238 e. The largest absolute Gasteiger partial charge is 0.355 e. The number of carbonyl (C=O) groups excluding carboxylic acids is 3. The first-order chi connectivity index (χ1) is 12.5. The lowest BCUT2D eigenvalue weighted by Crippen LogP contribution is -2.54. The van der Waals surface area contributed by atoms with E-state index in [1.54, 1.807) is 16.7 Å². The average molecular weight is 357 g/mol. The third-order valence-electron chi connectivity index (χ3n) is 5.38. The van der Waals surface area contributed by atoms with E-state index >= 15 is 0 Å². The van der Waals surface area contributed by atoms with Crippen molar-refractivity contribution in [2.45, 2.75) is 32.6 Å². The molecule has 1 heterocycles. The van der Waals surface area contributed by atoms with Crippen LogP contribution >= 0.6 is 0 Å². The molecule has 0 spiro atoms. The second-order valence-corrected chi connectivity index (χ2v) is 7.23. The normalized spacial score (nSPS) is 18.3. The van der Waals surface area contributed by atoms with E-state index in [0.717, 1.165) is 12.8 Å². The molecule has 0 unspecified atom stereocenters. The molecule has 1 aromatic carbocycles. The fourth-order valence-corrected chi connectivity index (χ4v) is 3.50. The Balaban J connectivity index is 1.45. The maximum atomic E-state index is 12.8. The Hall–Kier alpha value is -2.37. The Labute approximate surface area is 154 Å². The fraction of sp³-hybridized carbons (Fsp3) is 0.550. The first-order valence-corrected chi connectivity index (χ1v) is 9.40. The highest BCUT2D eigenvalue weighted by atomic mass is 16.2. The zero-order valence-corrected chi connectivity index (χ0v) is 15.4. The van der Waals surface area contributed by atoms with Crippen molar-refractivity contribution in [3.8, 4) is 0 Å². The zero-order valence-electron chi connectivity index (χ0n) is 15.4. The summed E-state index contributed by atoms with van der Waals surface area (Å²) in [5.41, 5.74) is 0.396. The molecule has 6 nitrogen and oxygen atoms in total. The Bertz CT molecular complexity index is 662. The molecule has 1 saturated heterocycles. The summed E-state index contributed by atoms with van der Waals surface area (Å²) in [6.45, 7) is 4.26. The van der Waals surface area contributed by atoms with Crippen molar-refractivity contribution in [2.24, 2.45) is 5.41 Å². The SMILES string of the molecule is CC(=O)N1CCN(C(=O)C2(C(=O)NCCCc3ccccc3)CC2)CC1. The van der Waals surface area contributed by atoms with Crippen LogP contribution in [-0.4, -0.2) is 60.2 Å². The number of hydrogen-bond donors (Lipinski definition) is 1. The first kappa shape index (κ1) is 18.4. The maximum Gasteiger partial charge on any atom is 0.238 e. The van der Waals surface area contributed by atoms with Crippen molar-refractivity contribution in [3.63, 3.8) is 0 Å². The first-order valence-electron chi connectivity index (χ1n) is 9.40. The third kappa shape index (κ3) is 4.06. The number of nitrogens with one attached hydrogen (secondary N) is 1. The summed E-state index contributed by atoms with van der Waals surface area (Å²) in [5.74, 6) is -0.166. The quantitative estimate of drug-likeness (QED) is 0.614. The van der Waals surface area contributed by atoms with Gasteiger partial charge in [0, 0.05) is 39.6 Å². The van der Waals surface area contributed by atoms with Crippen molar-refractivity contribution < 1.29 is 14.4 Å². The van der Waals surface area contributed by atoms with Crippen LogP contribution in [0.5, 0.6) is 0 Å². The van der Waals surface area contributed by atoms with Crippen molar-refractivity contribution in [2.75, 3.05) is 32.7 Å². The summed E-state index contributed by atoms with van der Waals surface area (Å²) in [7, 11) is 0. The van der Waals surface area contributed by atoms with E-state index in [2.05, 4.69) is 17.4 Å². The van der Waals surface area contributed by atoms with E-state index in [0.29, 0.717) is 45.6 Å². The third-order valence-corrected chi connectivity index (χ3v) is 5.38. The van der Waals surface area contributed by atoms with Crippen LogP contribution in [0, 0.1) is 5.41 Å². The van der Waals surface area contributed by atoms with E-state index in [9.17, 15) is 14.4 Å². The summed E-state index contributed by atoms with van der Waals surface area (Å²) in [6, 6.07) is 10.2. The van der Waals surface area contributed by atoms with Gasteiger partial charge in [-0.05, 0) is 31.2 Å². The van der Waals surface area contributed by atoms with Gasteiger partial charge in [0.05, 0.1) is 0 Å². The summed E-state index contributed by atoms with van der Waals surface area (Å²) >= 11 is 0. The molecular formula is C20H27N3O3. The standard InChI is InChI=1S/C20H27N3O3/c1-16(24)22-12-14-23(15-13-22)19(26)20(9-10-20)18(25)21-11-5-8-17-6-3-2-4-7-17/h2-4,6-7H,5,8-15H2,1H3,(H,21,25). The van der Waals surface area contributed by atoms with Crippen LogP contribution in [0.3, 0.4) is 0 Å². The molecule has 140 valence electrons. The number of rotatable bonds is 6. The Kier molecular flexibility index (Phi) is 5.59. The number of hydrogen-bond acceptors (Lipinski definition) is 3. The Morgan fingerprint density at radius 3 is 2.19 bits per heavy atom. The van der Waals surface area contributed by atoms with E-state index < -0.39 is 5.41 Å². The van der Waals surface area contributed by atoms with Crippen molar-refractivity contribution in [3.05, 3.63) is 35.9 Å². The Morgan fingerprint density at radius 1 is 1.00 bits per heavy atom. The van der Waals surface area contributed by atoms with Gasteiger partial charge in [-0.15, -0.1) is 0 Å². The lowest BCUT2D eigenvalue weighted by Gasteiger charge is -2.35. The molecule has 1 N–H and O–H groups in total. The zero-order chi connectivity index (χ0) is 18.6. The van der Waals surface area contributed by atoms with Gasteiger partial charge in [-0.25, -0.2) is 0 Å². The maximum absolute atomic E-state index is 12.8. The van der Waals surface area contributed by atoms with Crippen LogP contribution in [0.1, 0.15) is 31.7 Å². The number of nitrogens with zero attached hydrogens (tertiary/aromatic N) is 2. The predicted molar refractivity (Wildman–Crippen MR) is 98.3 cm³/mol. The molecule has 0 bridgehead atoms. The van der Waals surface area contributed by atoms with E-state index in [-0.39, 0.29) is 17.7 Å². The summed E-state index contributed by atoms with van der Waals surface area (Å²) < 4.78 is 0. The highest BCUT2D eigenvalue weighted by Crippen LogP contribution is 2.47. The van der Waals surface area contributed by atoms with Crippen molar-refractivity contribution in [1.82, 2.24) is 15.1 Å². The molecule has 0 atom stereocenters. The van der Waals surface area contributed by atoms with Gasteiger partial charge < -0.3 is 15.1 Å². The molecule has 0 aromatic heterocycles. The second-order valence-electron chi connectivity index (χ2n) is 7.23. The van der Waals surface area contributed by atoms with Crippen LogP contribution in [0.25, 0.3) is 0 Å². The number of benzene rings is 1. The molecule has 2 fully saturated rings. The highest BCUT2D eigenvalue weighted by Gasteiger charge is 2.58. The van der Waals surface area contributed by atoms with Gasteiger partial charge in [0.25, 0.3) is 0 Å². The van der Waals surface area contributed by atoms with Crippen molar-refractivity contribution >= 4 is 17.7 Å². The molecule has 0 radical (unpaired) electrons. The number of carbonyl (C=O) groups is 3. The van der Waals surface area contributed by atoms with Gasteiger partial charge in [-0.2, -0.15) is 0 Å². The Morgan fingerprint density at radius 2 is 1.62 bits per heavy atom. The number of amides is 3. The average Bonchev–Trinajstić information content (AvgIpc) is 3.47. The lowest BCUT2D eigenvalue weighted by molar-refractivity contribution is -0.147. The van der Waals surface area contributed by atoms with Crippen molar-refractivity contribution in [1.29, 1.82) is 0 Å². The lowest BCUT2D eigenvalue weighted by atomic mass is 10.0. The summed E-state index contributed by atoms with van der Waals surface area (Å²) in [5, 5.41) is 2.95. The number of piperazine rings is 1.